The van der Waals surface area contributed by atoms with E-state index < -0.39 is 5.60 Å². The van der Waals surface area contributed by atoms with E-state index in [4.69, 9.17) is 26.2 Å². The van der Waals surface area contributed by atoms with E-state index in [-0.39, 0.29) is 11.8 Å². The lowest BCUT2D eigenvalue weighted by molar-refractivity contribution is 0.00424. The smallest absolute Gasteiger partial charge is 0.355 e. The summed E-state index contributed by atoms with van der Waals surface area (Å²) in [6, 6.07) is 14.4. The number of ether oxygens (including phenoxy) is 2. The van der Waals surface area contributed by atoms with Crippen molar-refractivity contribution in [2.24, 2.45) is 12.5 Å². The predicted octanol–water partition coefficient (Wildman–Crippen LogP) is 7.87. The highest BCUT2D eigenvalue weighted by atomic mass is 35.5. The molecule has 2 aliphatic rings. The molecule has 1 spiro atoms. The molecule has 264 valence electrons. The number of nitrogens with one attached hydrogen (secondary N) is 1. The molecular weight excluding hydrogens is 653 g/mol. The summed E-state index contributed by atoms with van der Waals surface area (Å²) in [5.41, 5.74) is 5.88. The SMILES string of the molecule is Cc1nn(C)c(C)c1-c1c(Cl)ccc2c(CCCOc3cccc4cc(F)ccc34)c(C(=O)OC(C)(C)C)n(CCN3CC4(CCNC4)C3)c12. The highest BCUT2D eigenvalue weighted by molar-refractivity contribution is 6.35. The lowest BCUT2D eigenvalue weighted by Gasteiger charge is -2.48. The lowest BCUT2D eigenvalue weighted by atomic mass is 9.79. The second kappa shape index (κ2) is 13.3. The molecule has 2 aromatic heterocycles. The number of hydrogen-bond acceptors (Lipinski definition) is 6. The van der Waals surface area contributed by atoms with Crippen LogP contribution in [0.4, 0.5) is 4.39 Å². The Kier molecular flexibility index (Phi) is 9.20. The zero-order valence-corrected chi connectivity index (χ0v) is 30.7. The quantitative estimate of drug-likeness (QED) is 0.118. The lowest BCUT2D eigenvalue weighted by Crippen LogP contribution is -2.57. The van der Waals surface area contributed by atoms with Crippen LogP contribution in [-0.4, -0.2) is 70.1 Å². The van der Waals surface area contributed by atoms with Crippen molar-refractivity contribution in [1.29, 1.82) is 0 Å². The zero-order valence-electron chi connectivity index (χ0n) is 30.0. The van der Waals surface area contributed by atoms with Crippen molar-refractivity contribution in [3.05, 3.63) is 82.0 Å². The van der Waals surface area contributed by atoms with Crippen molar-refractivity contribution >= 4 is 39.2 Å². The molecule has 0 saturated carbocycles. The minimum absolute atomic E-state index is 0.277. The van der Waals surface area contributed by atoms with Crippen LogP contribution in [0.1, 0.15) is 61.1 Å². The van der Waals surface area contributed by atoms with Crippen LogP contribution in [0.15, 0.2) is 48.5 Å². The summed E-state index contributed by atoms with van der Waals surface area (Å²) >= 11 is 7.12. The largest absolute Gasteiger partial charge is 0.493 e. The monoisotopic (exact) mass is 699 g/mol. The summed E-state index contributed by atoms with van der Waals surface area (Å²) in [5.74, 6) is 0.0853. The molecule has 5 aromatic rings. The van der Waals surface area contributed by atoms with Crippen LogP contribution in [0, 0.1) is 25.1 Å². The average molecular weight is 700 g/mol. The number of aromatic nitrogens is 3. The molecule has 4 heterocycles. The minimum atomic E-state index is -0.678. The fourth-order valence-electron chi connectivity index (χ4n) is 8.05. The van der Waals surface area contributed by atoms with Gasteiger partial charge in [-0.25, -0.2) is 9.18 Å². The average Bonchev–Trinajstić information content (AvgIpc) is 3.71. The normalized spacial score (nSPS) is 16.1. The van der Waals surface area contributed by atoms with Gasteiger partial charge in [-0.1, -0.05) is 29.8 Å². The van der Waals surface area contributed by atoms with Gasteiger partial charge in [-0.2, -0.15) is 5.10 Å². The fraction of sp³-hybridized carbons (Fsp3) is 0.450. The Morgan fingerprint density at radius 2 is 1.84 bits per heavy atom. The van der Waals surface area contributed by atoms with Crippen LogP contribution in [0.2, 0.25) is 5.02 Å². The number of halogens is 2. The molecule has 0 amide bonds. The Morgan fingerprint density at radius 1 is 1.06 bits per heavy atom. The Morgan fingerprint density at radius 3 is 2.54 bits per heavy atom. The van der Waals surface area contributed by atoms with Gasteiger partial charge in [0.2, 0.25) is 0 Å². The van der Waals surface area contributed by atoms with E-state index in [0.29, 0.717) is 47.9 Å². The number of esters is 1. The summed E-state index contributed by atoms with van der Waals surface area (Å²) in [7, 11) is 1.94. The van der Waals surface area contributed by atoms with Crippen LogP contribution in [0.25, 0.3) is 32.8 Å². The first-order chi connectivity index (χ1) is 23.8. The van der Waals surface area contributed by atoms with Crippen molar-refractivity contribution in [3.63, 3.8) is 0 Å². The highest BCUT2D eigenvalue weighted by Crippen LogP contribution is 2.43. The molecular formula is C40H47ClFN5O3. The molecule has 0 aliphatic carbocycles. The Labute approximate surface area is 298 Å². The number of fused-ring (bicyclic) bond motifs is 2. The number of carbonyl (C=O) groups is 1. The number of benzene rings is 3. The number of aryl methyl sites for hydroxylation is 3. The molecule has 0 radical (unpaired) electrons. The zero-order chi connectivity index (χ0) is 35.4. The Hall–Kier alpha value is -3.92. The fourth-order valence-corrected chi connectivity index (χ4v) is 8.30. The van der Waals surface area contributed by atoms with Crippen molar-refractivity contribution in [2.45, 2.75) is 66.0 Å². The van der Waals surface area contributed by atoms with Crippen molar-refractivity contribution in [3.8, 4) is 16.9 Å². The maximum absolute atomic E-state index is 14.3. The van der Waals surface area contributed by atoms with Gasteiger partial charge in [0.05, 0.1) is 22.8 Å². The molecule has 50 heavy (non-hydrogen) atoms. The Bertz CT molecular complexity index is 2080. The number of rotatable bonds is 10. The van der Waals surface area contributed by atoms with E-state index in [1.807, 2.05) is 69.8 Å². The molecule has 7 rings (SSSR count). The second-order valence-corrected chi connectivity index (χ2v) is 15.6. The molecule has 8 nitrogen and oxygen atoms in total. The second-order valence-electron chi connectivity index (χ2n) is 15.2. The summed E-state index contributed by atoms with van der Waals surface area (Å²) in [6.45, 7) is 15.9. The van der Waals surface area contributed by atoms with Crippen LogP contribution >= 0.6 is 11.6 Å². The third-order valence-corrected chi connectivity index (χ3v) is 10.7. The van der Waals surface area contributed by atoms with Crippen LogP contribution in [-0.2, 0) is 24.8 Å². The maximum Gasteiger partial charge on any atom is 0.355 e. The summed E-state index contributed by atoms with van der Waals surface area (Å²) in [5, 5.41) is 11.5. The van der Waals surface area contributed by atoms with Gasteiger partial charge < -0.3 is 24.3 Å². The first-order valence-corrected chi connectivity index (χ1v) is 18.0. The van der Waals surface area contributed by atoms with E-state index in [1.165, 1.54) is 18.6 Å². The molecule has 0 bridgehead atoms. The number of likely N-dealkylation sites (tertiary alicyclic amines) is 1. The van der Waals surface area contributed by atoms with Gasteiger partial charge >= 0.3 is 5.97 Å². The van der Waals surface area contributed by atoms with Gasteiger partial charge in [0.15, 0.2) is 0 Å². The minimum Gasteiger partial charge on any atom is -0.493 e. The predicted molar refractivity (Wildman–Crippen MR) is 198 cm³/mol. The molecule has 2 fully saturated rings. The van der Waals surface area contributed by atoms with E-state index in [9.17, 15) is 9.18 Å². The number of nitrogens with zero attached hydrogens (tertiary/aromatic N) is 4. The first kappa shape index (κ1) is 34.5. The molecule has 2 saturated heterocycles. The van der Waals surface area contributed by atoms with Crippen molar-refractivity contribution < 1.29 is 18.7 Å². The molecule has 0 unspecified atom stereocenters. The number of carbonyl (C=O) groups excluding carboxylic acids is 1. The van der Waals surface area contributed by atoms with Gasteiger partial charge in [0, 0.05) is 72.8 Å². The first-order valence-electron chi connectivity index (χ1n) is 17.7. The van der Waals surface area contributed by atoms with E-state index in [2.05, 4.69) is 21.7 Å². The van der Waals surface area contributed by atoms with Gasteiger partial charge in [-0.3, -0.25) is 4.68 Å². The summed E-state index contributed by atoms with van der Waals surface area (Å²) in [4.78, 5) is 16.8. The number of hydrogen-bond donors (Lipinski definition) is 1. The topological polar surface area (TPSA) is 73.6 Å². The highest BCUT2D eigenvalue weighted by Gasteiger charge is 2.44. The van der Waals surface area contributed by atoms with E-state index in [1.54, 1.807) is 6.07 Å². The van der Waals surface area contributed by atoms with Crippen LogP contribution < -0.4 is 10.1 Å². The summed E-state index contributed by atoms with van der Waals surface area (Å²) < 4.78 is 30.4. The molecule has 2 aliphatic heterocycles. The Balaban J connectivity index is 1.29. The van der Waals surface area contributed by atoms with E-state index >= 15 is 0 Å². The standard InChI is InChI=1S/C40H47ClFN5O3/c1-25-34(26(2)45(6)44-25)35-32(41)15-14-31-30(10-8-20-49-33-11-7-9-27-21-28(42)12-13-29(27)33)37(38(48)50-39(3,4)5)47(36(31)35)19-18-46-23-40(24-46)16-17-43-22-40/h7,9,11-15,21,43H,8,10,16-20,22-24H2,1-6H3. The molecule has 10 heteroatoms. The van der Waals surface area contributed by atoms with Gasteiger partial charge in [0.25, 0.3) is 0 Å². The van der Waals surface area contributed by atoms with Gasteiger partial charge in [0.1, 0.15) is 22.9 Å². The third kappa shape index (κ3) is 6.51. The molecule has 0 atom stereocenters. The van der Waals surface area contributed by atoms with Crippen LogP contribution in [0.5, 0.6) is 5.75 Å². The van der Waals surface area contributed by atoms with Gasteiger partial charge in [-0.05, 0) is 102 Å². The van der Waals surface area contributed by atoms with Crippen LogP contribution in [0.3, 0.4) is 0 Å². The van der Waals surface area contributed by atoms with Crippen molar-refractivity contribution in [2.75, 3.05) is 39.3 Å². The van der Waals surface area contributed by atoms with E-state index in [0.717, 1.165) is 82.5 Å². The molecule has 3 aromatic carbocycles. The third-order valence-electron chi connectivity index (χ3n) is 10.4. The van der Waals surface area contributed by atoms with Gasteiger partial charge in [-0.15, -0.1) is 0 Å². The molecule has 1 N–H and O–H groups in total. The van der Waals surface area contributed by atoms with Crippen molar-refractivity contribution in [1.82, 2.24) is 24.6 Å². The maximum atomic E-state index is 14.3. The summed E-state index contributed by atoms with van der Waals surface area (Å²) in [6.07, 6.45) is 2.44.